The summed E-state index contributed by atoms with van der Waals surface area (Å²) >= 11 is 0. The fraction of sp³-hybridized carbons (Fsp3) is 0.364. The topological polar surface area (TPSA) is 41.1 Å². The van der Waals surface area contributed by atoms with Crippen LogP contribution in [0.25, 0.3) is 0 Å². The molecule has 15 heavy (non-hydrogen) atoms. The highest BCUT2D eigenvalue weighted by molar-refractivity contribution is 5.88. The molecule has 0 aliphatic carbocycles. The van der Waals surface area contributed by atoms with Crippen molar-refractivity contribution in [2.45, 2.75) is 19.9 Å². The lowest BCUT2D eigenvalue weighted by molar-refractivity contribution is -0.114. The number of hydrogen-bond acceptors (Lipinski definition) is 2. The molecule has 1 aromatic carbocycles. The van der Waals surface area contributed by atoms with Gasteiger partial charge in [0.1, 0.15) is 0 Å². The minimum absolute atomic E-state index is 0. The zero-order valence-corrected chi connectivity index (χ0v) is 9.49. The summed E-state index contributed by atoms with van der Waals surface area (Å²) in [6, 6.07) is 6.11. The van der Waals surface area contributed by atoms with Crippen LogP contribution in [-0.2, 0) is 17.8 Å². The third kappa shape index (κ3) is 2.94. The summed E-state index contributed by atoms with van der Waals surface area (Å²) in [4.78, 5) is 10.9. The van der Waals surface area contributed by atoms with Crippen LogP contribution in [0.15, 0.2) is 18.2 Å². The van der Waals surface area contributed by atoms with Crippen LogP contribution in [0, 0.1) is 0 Å². The van der Waals surface area contributed by atoms with Gasteiger partial charge in [-0.3, -0.25) is 4.79 Å². The van der Waals surface area contributed by atoms with Gasteiger partial charge in [0, 0.05) is 19.2 Å². The van der Waals surface area contributed by atoms with E-state index in [0.29, 0.717) is 0 Å². The average molecular weight is 227 g/mol. The zero-order valence-electron chi connectivity index (χ0n) is 8.67. The Balaban J connectivity index is 0.00000112. The first kappa shape index (κ1) is 12.0. The minimum Gasteiger partial charge on any atom is -0.326 e. The first-order chi connectivity index (χ1) is 6.75. The summed E-state index contributed by atoms with van der Waals surface area (Å²) in [5.74, 6) is -0.0197. The molecular weight excluding hydrogens is 212 g/mol. The normalized spacial score (nSPS) is 13.7. The van der Waals surface area contributed by atoms with Gasteiger partial charge in [-0.15, -0.1) is 12.4 Å². The fourth-order valence-electron chi connectivity index (χ4n) is 1.76. The van der Waals surface area contributed by atoms with E-state index in [4.69, 9.17) is 0 Å². The quantitative estimate of drug-likeness (QED) is 0.766. The predicted octanol–water partition coefficient (Wildman–Crippen LogP) is 1.71. The van der Waals surface area contributed by atoms with Crippen molar-refractivity contribution in [3.05, 3.63) is 29.3 Å². The molecule has 82 valence electrons. The summed E-state index contributed by atoms with van der Waals surface area (Å²) < 4.78 is 0. The molecule has 1 aliphatic rings. The molecule has 0 unspecified atom stereocenters. The average Bonchev–Trinajstić information content (AvgIpc) is 2.17. The Kier molecular flexibility index (Phi) is 4.12. The van der Waals surface area contributed by atoms with E-state index in [1.165, 1.54) is 18.1 Å². The van der Waals surface area contributed by atoms with Crippen LogP contribution in [0.5, 0.6) is 0 Å². The molecule has 0 fully saturated rings. The maximum Gasteiger partial charge on any atom is 0.221 e. The Morgan fingerprint density at radius 2 is 2.20 bits per heavy atom. The molecule has 1 aliphatic heterocycles. The number of nitrogens with one attached hydrogen (secondary N) is 2. The van der Waals surface area contributed by atoms with Gasteiger partial charge in [-0.25, -0.2) is 0 Å². The lowest BCUT2D eigenvalue weighted by atomic mass is 10.0. The molecule has 0 radical (unpaired) electrons. The molecule has 0 atom stereocenters. The Morgan fingerprint density at radius 1 is 1.40 bits per heavy atom. The van der Waals surface area contributed by atoms with Crippen LogP contribution in [0.3, 0.4) is 0 Å². The lowest BCUT2D eigenvalue weighted by Gasteiger charge is -2.17. The van der Waals surface area contributed by atoms with E-state index >= 15 is 0 Å². The van der Waals surface area contributed by atoms with E-state index in [-0.39, 0.29) is 18.3 Å². The zero-order chi connectivity index (χ0) is 9.97. The molecule has 2 N–H and O–H groups in total. The fourth-order valence-corrected chi connectivity index (χ4v) is 1.76. The first-order valence-electron chi connectivity index (χ1n) is 4.86. The molecule has 0 aromatic heterocycles. The van der Waals surface area contributed by atoms with Gasteiger partial charge < -0.3 is 10.6 Å². The molecule has 1 amide bonds. The Hall–Kier alpha value is -1.06. The van der Waals surface area contributed by atoms with Crippen LogP contribution >= 0.6 is 12.4 Å². The van der Waals surface area contributed by atoms with E-state index in [9.17, 15) is 4.79 Å². The number of halogens is 1. The van der Waals surface area contributed by atoms with Gasteiger partial charge >= 0.3 is 0 Å². The summed E-state index contributed by atoms with van der Waals surface area (Å²) in [6.45, 7) is 3.48. The van der Waals surface area contributed by atoms with Crippen molar-refractivity contribution in [1.82, 2.24) is 5.32 Å². The number of anilines is 1. The van der Waals surface area contributed by atoms with E-state index < -0.39 is 0 Å². The number of carbonyl (C=O) groups is 1. The summed E-state index contributed by atoms with van der Waals surface area (Å²) in [7, 11) is 0. The molecule has 0 saturated carbocycles. The second kappa shape index (κ2) is 5.14. The van der Waals surface area contributed by atoms with E-state index in [2.05, 4.69) is 16.7 Å². The maximum absolute atomic E-state index is 10.9. The molecule has 0 bridgehead atoms. The second-order valence-electron chi connectivity index (χ2n) is 3.59. The van der Waals surface area contributed by atoms with Crippen LogP contribution in [0.4, 0.5) is 5.69 Å². The maximum atomic E-state index is 10.9. The van der Waals surface area contributed by atoms with E-state index in [1.807, 2.05) is 12.1 Å². The SMILES string of the molecule is CC(=O)Nc1ccc2c(c1)CNCC2.Cl. The minimum atomic E-state index is -0.0197. The number of rotatable bonds is 1. The summed E-state index contributed by atoms with van der Waals surface area (Å²) in [6.07, 6.45) is 1.08. The highest BCUT2D eigenvalue weighted by Gasteiger charge is 2.08. The van der Waals surface area contributed by atoms with E-state index in [0.717, 1.165) is 25.2 Å². The van der Waals surface area contributed by atoms with Gasteiger partial charge in [-0.05, 0) is 36.2 Å². The van der Waals surface area contributed by atoms with Crippen molar-refractivity contribution >= 4 is 24.0 Å². The Labute approximate surface area is 95.7 Å². The van der Waals surface area contributed by atoms with Gasteiger partial charge in [0.05, 0.1) is 0 Å². The molecule has 1 aromatic rings. The number of carbonyl (C=O) groups excluding carboxylic acids is 1. The Bertz CT molecular complexity index is 366. The molecule has 1 heterocycles. The second-order valence-corrected chi connectivity index (χ2v) is 3.59. The van der Waals surface area contributed by atoms with Crippen molar-refractivity contribution in [1.29, 1.82) is 0 Å². The number of benzene rings is 1. The molecule has 0 spiro atoms. The standard InChI is InChI=1S/C11H14N2O.ClH/c1-8(14)13-11-3-2-9-4-5-12-7-10(9)6-11;/h2-3,6,12H,4-5,7H2,1H3,(H,13,14);1H. The van der Waals surface area contributed by atoms with Crippen LogP contribution in [-0.4, -0.2) is 12.5 Å². The van der Waals surface area contributed by atoms with Gasteiger partial charge in [-0.2, -0.15) is 0 Å². The number of amides is 1. The molecule has 3 nitrogen and oxygen atoms in total. The van der Waals surface area contributed by atoms with Crippen LogP contribution < -0.4 is 10.6 Å². The third-order valence-corrected chi connectivity index (χ3v) is 2.41. The molecule has 0 saturated heterocycles. The van der Waals surface area contributed by atoms with Crippen molar-refractivity contribution in [3.63, 3.8) is 0 Å². The van der Waals surface area contributed by atoms with Crippen molar-refractivity contribution in [2.75, 3.05) is 11.9 Å². The van der Waals surface area contributed by atoms with Crippen LogP contribution in [0.2, 0.25) is 0 Å². The number of fused-ring (bicyclic) bond motifs is 1. The lowest BCUT2D eigenvalue weighted by Crippen LogP contribution is -2.23. The predicted molar refractivity (Wildman–Crippen MR) is 63.4 cm³/mol. The largest absolute Gasteiger partial charge is 0.326 e. The Morgan fingerprint density at radius 3 is 2.93 bits per heavy atom. The van der Waals surface area contributed by atoms with E-state index in [1.54, 1.807) is 0 Å². The highest BCUT2D eigenvalue weighted by Crippen LogP contribution is 2.18. The molecule has 2 rings (SSSR count). The van der Waals surface area contributed by atoms with Gasteiger partial charge in [-0.1, -0.05) is 6.07 Å². The smallest absolute Gasteiger partial charge is 0.221 e. The summed E-state index contributed by atoms with van der Waals surface area (Å²) in [5.41, 5.74) is 3.57. The molecular formula is C11H15ClN2O. The monoisotopic (exact) mass is 226 g/mol. The summed E-state index contributed by atoms with van der Waals surface area (Å²) in [5, 5.41) is 6.10. The molecule has 4 heteroatoms. The van der Waals surface area contributed by atoms with Gasteiger partial charge in [0.15, 0.2) is 0 Å². The van der Waals surface area contributed by atoms with Crippen molar-refractivity contribution in [3.8, 4) is 0 Å². The highest BCUT2D eigenvalue weighted by atomic mass is 35.5. The number of hydrogen-bond donors (Lipinski definition) is 2. The van der Waals surface area contributed by atoms with Crippen molar-refractivity contribution < 1.29 is 4.79 Å². The van der Waals surface area contributed by atoms with Gasteiger partial charge in [0.2, 0.25) is 5.91 Å². The third-order valence-electron chi connectivity index (χ3n) is 2.41. The van der Waals surface area contributed by atoms with Gasteiger partial charge in [0.25, 0.3) is 0 Å². The first-order valence-corrected chi connectivity index (χ1v) is 4.86. The van der Waals surface area contributed by atoms with Crippen molar-refractivity contribution in [2.24, 2.45) is 0 Å². The van der Waals surface area contributed by atoms with Crippen LogP contribution in [0.1, 0.15) is 18.1 Å².